The minimum atomic E-state index is -0.446. The van der Waals surface area contributed by atoms with Gasteiger partial charge < -0.3 is 14.4 Å². The Bertz CT molecular complexity index is 1050. The maximum Gasteiger partial charge on any atom is 0.282 e. The first-order valence-corrected chi connectivity index (χ1v) is 10.7. The van der Waals surface area contributed by atoms with Gasteiger partial charge in [-0.2, -0.15) is 0 Å². The Morgan fingerprint density at radius 2 is 1.44 bits per heavy atom. The number of methoxy groups -OCH3 is 2. The van der Waals surface area contributed by atoms with E-state index in [0.29, 0.717) is 53.4 Å². The van der Waals surface area contributed by atoms with Gasteiger partial charge in [-0.25, -0.2) is 9.29 Å². The highest BCUT2D eigenvalue weighted by atomic mass is 19.1. The first-order valence-electron chi connectivity index (χ1n) is 10.7. The van der Waals surface area contributed by atoms with Crippen molar-refractivity contribution >= 4 is 23.1 Å². The monoisotopic (exact) mass is 438 g/mol. The van der Waals surface area contributed by atoms with Crippen molar-refractivity contribution in [2.45, 2.75) is 20.3 Å². The van der Waals surface area contributed by atoms with Gasteiger partial charge >= 0.3 is 0 Å². The highest BCUT2D eigenvalue weighted by Gasteiger charge is 2.44. The Morgan fingerprint density at radius 1 is 0.875 bits per heavy atom. The number of ether oxygens (including phenoxy) is 2. The molecule has 32 heavy (non-hydrogen) atoms. The van der Waals surface area contributed by atoms with Gasteiger partial charge in [-0.05, 0) is 36.0 Å². The van der Waals surface area contributed by atoms with E-state index in [1.54, 1.807) is 30.3 Å². The lowest BCUT2D eigenvalue weighted by atomic mass is 9.91. The fraction of sp³-hybridized carbons (Fsp3) is 0.360. The zero-order valence-electron chi connectivity index (χ0n) is 18.7. The average molecular weight is 438 g/mol. The summed E-state index contributed by atoms with van der Waals surface area (Å²) >= 11 is 0. The summed E-state index contributed by atoms with van der Waals surface area (Å²) in [4.78, 5) is 30.6. The van der Waals surface area contributed by atoms with Crippen molar-refractivity contribution < 1.29 is 23.5 Å². The van der Waals surface area contributed by atoms with Crippen LogP contribution in [0.15, 0.2) is 48.2 Å². The van der Waals surface area contributed by atoms with Crippen LogP contribution in [0.4, 0.5) is 10.1 Å². The third kappa shape index (κ3) is 3.95. The molecule has 2 amide bonds. The van der Waals surface area contributed by atoms with Gasteiger partial charge in [-0.3, -0.25) is 9.59 Å². The summed E-state index contributed by atoms with van der Waals surface area (Å²) in [5.74, 6) is 0.462. The highest BCUT2D eigenvalue weighted by molar-refractivity contribution is 6.45. The Morgan fingerprint density at radius 3 is 1.97 bits per heavy atom. The first kappa shape index (κ1) is 21.9. The lowest BCUT2D eigenvalue weighted by Crippen LogP contribution is -2.42. The molecule has 0 radical (unpaired) electrons. The topological polar surface area (TPSA) is 59.1 Å². The number of imide groups is 1. The van der Waals surface area contributed by atoms with Crippen molar-refractivity contribution in [3.8, 4) is 11.5 Å². The maximum absolute atomic E-state index is 13.7. The van der Waals surface area contributed by atoms with Gasteiger partial charge in [-0.1, -0.05) is 26.0 Å². The molecular weight excluding hydrogens is 411 g/mol. The molecule has 2 aliphatic rings. The Kier molecular flexibility index (Phi) is 5.91. The van der Waals surface area contributed by atoms with Gasteiger partial charge in [0.2, 0.25) is 0 Å². The summed E-state index contributed by atoms with van der Waals surface area (Å²) < 4.78 is 24.3. The quantitative estimate of drug-likeness (QED) is 0.658. The minimum absolute atomic E-state index is 0.290. The van der Waals surface area contributed by atoms with E-state index in [4.69, 9.17) is 9.47 Å². The molecule has 2 heterocycles. The van der Waals surface area contributed by atoms with E-state index in [2.05, 4.69) is 13.8 Å². The number of carbonyl (C=O) groups excluding carboxylic acids is 2. The van der Waals surface area contributed by atoms with Crippen LogP contribution in [0.2, 0.25) is 0 Å². The predicted molar refractivity (Wildman–Crippen MR) is 120 cm³/mol. The van der Waals surface area contributed by atoms with Gasteiger partial charge in [0.1, 0.15) is 23.0 Å². The fourth-order valence-electron chi connectivity index (χ4n) is 4.69. The molecule has 0 spiro atoms. The second-order valence-electron chi connectivity index (χ2n) is 8.60. The van der Waals surface area contributed by atoms with Crippen LogP contribution in [0.3, 0.4) is 0 Å². The smallest absolute Gasteiger partial charge is 0.282 e. The summed E-state index contributed by atoms with van der Waals surface area (Å²) in [6.45, 7) is 5.65. The number of halogens is 1. The third-order valence-electron chi connectivity index (χ3n) is 5.97. The van der Waals surface area contributed by atoms with Gasteiger partial charge in [0, 0.05) is 31.3 Å². The van der Waals surface area contributed by atoms with Gasteiger partial charge in [0.25, 0.3) is 11.8 Å². The Hall–Kier alpha value is -3.35. The van der Waals surface area contributed by atoms with Crippen molar-refractivity contribution in [1.29, 1.82) is 0 Å². The summed E-state index contributed by atoms with van der Waals surface area (Å²) in [6, 6.07) is 10.6. The predicted octanol–water partition coefficient (Wildman–Crippen LogP) is 4.11. The average Bonchev–Trinajstić information content (AvgIpc) is 3.03. The number of amides is 2. The van der Waals surface area contributed by atoms with Crippen LogP contribution >= 0.6 is 0 Å². The number of carbonyl (C=O) groups is 2. The summed E-state index contributed by atoms with van der Waals surface area (Å²) in [7, 11) is 3.02. The molecule has 2 unspecified atom stereocenters. The van der Waals surface area contributed by atoms with Crippen LogP contribution in [0.25, 0.3) is 5.57 Å². The minimum Gasteiger partial charge on any atom is -0.497 e. The van der Waals surface area contributed by atoms with Crippen LogP contribution in [0.1, 0.15) is 25.8 Å². The molecule has 7 heteroatoms. The number of hydrogen-bond acceptors (Lipinski definition) is 5. The van der Waals surface area contributed by atoms with E-state index in [-0.39, 0.29) is 5.57 Å². The number of hydrogen-bond donors (Lipinski definition) is 0. The fourth-order valence-corrected chi connectivity index (χ4v) is 4.69. The Labute approximate surface area is 187 Å². The van der Waals surface area contributed by atoms with Crippen molar-refractivity contribution in [1.82, 2.24) is 4.90 Å². The number of likely N-dealkylation sites (tertiary alicyclic amines) is 1. The summed E-state index contributed by atoms with van der Waals surface area (Å²) in [5.41, 5.74) is 1.53. The molecule has 0 saturated carbocycles. The molecule has 2 atom stereocenters. The molecule has 4 rings (SSSR count). The Balaban J connectivity index is 1.84. The van der Waals surface area contributed by atoms with E-state index in [0.717, 1.165) is 11.3 Å². The number of anilines is 1. The van der Waals surface area contributed by atoms with Crippen molar-refractivity contribution in [3.05, 3.63) is 59.5 Å². The van der Waals surface area contributed by atoms with Crippen LogP contribution < -0.4 is 14.4 Å². The second kappa shape index (κ2) is 8.65. The van der Waals surface area contributed by atoms with Gasteiger partial charge in [0.05, 0.1) is 25.5 Å². The van der Waals surface area contributed by atoms with Gasteiger partial charge in [0.15, 0.2) is 0 Å². The SMILES string of the molecule is COc1cc(OC)cc(N2C(=O)C(c3ccc(F)cc3)=C(N3CC(C)CC(C)C3)C2=O)c1. The largest absolute Gasteiger partial charge is 0.497 e. The maximum atomic E-state index is 13.7. The molecule has 168 valence electrons. The lowest BCUT2D eigenvalue weighted by Gasteiger charge is -2.37. The van der Waals surface area contributed by atoms with Crippen LogP contribution in [-0.2, 0) is 9.59 Å². The standard InChI is InChI=1S/C25H27FN2O4/c1-15-9-16(2)14-27(13-15)23-22(17-5-7-18(26)8-6-17)24(29)28(25(23)30)19-10-20(31-3)12-21(11-19)32-4/h5-8,10-12,15-16H,9,13-14H2,1-4H3. The molecular formula is C25H27FN2O4. The van der Waals surface area contributed by atoms with Crippen LogP contribution in [0, 0.1) is 17.7 Å². The number of piperidine rings is 1. The number of benzene rings is 2. The highest BCUT2D eigenvalue weighted by Crippen LogP contribution is 2.39. The van der Waals surface area contributed by atoms with Crippen molar-refractivity contribution in [3.63, 3.8) is 0 Å². The van der Waals surface area contributed by atoms with E-state index in [1.165, 1.54) is 26.4 Å². The molecule has 0 bridgehead atoms. The molecule has 1 fully saturated rings. The molecule has 0 N–H and O–H groups in total. The second-order valence-corrected chi connectivity index (χ2v) is 8.60. The van der Waals surface area contributed by atoms with Crippen molar-refractivity contribution in [2.24, 2.45) is 11.8 Å². The summed E-state index contributed by atoms with van der Waals surface area (Å²) in [5, 5.41) is 0. The van der Waals surface area contributed by atoms with E-state index in [9.17, 15) is 14.0 Å². The zero-order valence-corrected chi connectivity index (χ0v) is 18.7. The van der Waals surface area contributed by atoms with E-state index >= 15 is 0 Å². The van der Waals surface area contributed by atoms with Crippen LogP contribution in [-0.4, -0.2) is 44.0 Å². The molecule has 0 aromatic heterocycles. The molecule has 0 aliphatic carbocycles. The van der Waals surface area contributed by atoms with Crippen molar-refractivity contribution in [2.75, 3.05) is 32.2 Å². The number of rotatable bonds is 5. The summed E-state index contributed by atoms with van der Waals surface area (Å²) in [6.07, 6.45) is 1.06. The normalized spacial score (nSPS) is 21.4. The zero-order chi connectivity index (χ0) is 23.0. The first-order chi connectivity index (χ1) is 15.3. The molecule has 2 aromatic carbocycles. The van der Waals surface area contributed by atoms with Crippen LogP contribution in [0.5, 0.6) is 11.5 Å². The number of nitrogens with zero attached hydrogens (tertiary/aromatic N) is 2. The third-order valence-corrected chi connectivity index (χ3v) is 5.97. The molecule has 1 saturated heterocycles. The van der Waals surface area contributed by atoms with E-state index < -0.39 is 17.6 Å². The molecule has 2 aliphatic heterocycles. The van der Waals surface area contributed by atoms with Gasteiger partial charge in [-0.15, -0.1) is 0 Å². The lowest BCUT2D eigenvalue weighted by molar-refractivity contribution is -0.120. The van der Waals surface area contributed by atoms with E-state index in [1.807, 2.05) is 4.90 Å². The molecule has 6 nitrogen and oxygen atoms in total. The molecule has 2 aromatic rings.